The highest BCUT2D eigenvalue weighted by atomic mass is 79.9. The van der Waals surface area contributed by atoms with Crippen molar-refractivity contribution >= 4 is 21.7 Å². The SMILES string of the molecule is Nc1[nH]ncc1-c1c(O)c(F)cc(Br)c1F. The van der Waals surface area contributed by atoms with E-state index in [1.54, 1.807) is 0 Å². The number of hydrogen-bond acceptors (Lipinski definition) is 3. The summed E-state index contributed by atoms with van der Waals surface area (Å²) in [4.78, 5) is 0. The van der Waals surface area contributed by atoms with Gasteiger partial charge in [-0.1, -0.05) is 0 Å². The Morgan fingerprint density at radius 3 is 2.69 bits per heavy atom. The molecule has 2 rings (SSSR count). The average molecular weight is 290 g/mol. The number of phenols is 1. The van der Waals surface area contributed by atoms with Gasteiger partial charge in [0.05, 0.1) is 21.8 Å². The summed E-state index contributed by atoms with van der Waals surface area (Å²) in [5.74, 6) is -2.49. The van der Waals surface area contributed by atoms with Crippen LogP contribution in [0.5, 0.6) is 5.75 Å². The lowest BCUT2D eigenvalue weighted by Crippen LogP contribution is -1.93. The molecular formula is C9H6BrF2N3O. The molecule has 84 valence electrons. The van der Waals surface area contributed by atoms with Gasteiger partial charge in [0.15, 0.2) is 11.6 Å². The number of halogens is 3. The van der Waals surface area contributed by atoms with Crippen LogP contribution in [-0.2, 0) is 0 Å². The van der Waals surface area contributed by atoms with E-state index in [2.05, 4.69) is 26.1 Å². The van der Waals surface area contributed by atoms with Crippen LogP contribution in [0.25, 0.3) is 11.1 Å². The van der Waals surface area contributed by atoms with E-state index in [0.29, 0.717) is 0 Å². The molecule has 0 atom stereocenters. The molecule has 0 unspecified atom stereocenters. The van der Waals surface area contributed by atoms with E-state index in [0.717, 1.165) is 6.07 Å². The first-order valence-corrected chi connectivity index (χ1v) is 4.97. The molecule has 1 heterocycles. The first kappa shape index (κ1) is 10.9. The van der Waals surface area contributed by atoms with Crippen LogP contribution in [-0.4, -0.2) is 15.3 Å². The van der Waals surface area contributed by atoms with Crippen LogP contribution in [0.15, 0.2) is 16.7 Å². The van der Waals surface area contributed by atoms with Gasteiger partial charge < -0.3 is 10.8 Å². The van der Waals surface area contributed by atoms with Gasteiger partial charge >= 0.3 is 0 Å². The fourth-order valence-corrected chi connectivity index (χ4v) is 1.73. The fraction of sp³-hybridized carbons (Fsp3) is 0. The number of hydrogen-bond donors (Lipinski definition) is 3. The average Bonchev–Trinajstić information content (AvgIpc) is 2.63. The highest BCUT2D eigenvalue weighted by Crippen LogP contribution is 2.39. The van der Waals surface area contributed by atoms with E-state index in [1.807, 2.05) is 0 Å². The molecule has 0 aliphatic heterocycles. The monoisotopic (exact) mass is 289 g/mol. The van der Waals surface area contributed by atoms with Gasteiger partial charge in [0.25, 0.3) is 0 Å². The summed E-state index contributed by atoms with van der Waals surface area (Å²) in [5.41, 5.74) is 5.26. The number of anilines is 1. The highest BCUT2D eigenvalue weighted by Gasteiger charge is 2.21. The van der Waals surface area contributed by atoms with Crippen LogP contribution in [0.2, 0.25) is 0 Å². The standard InChI is InChI=1S/C9H6BrF2N3O/c10-4-1-5(11)8(16)6(7(4)12)3-2-14-15-9(3)13/h1-2,16H,(H3,13,14,15). The highest BCUT2D eigenvalue weighted by molar-refractivity contribution is 9.10. The fourth-order valence-electron chi connectivity index (χ4n) is 1.33. The molecule has 4 nitrogen and oxygen atoms in total. The quantitative estimate of drug-likeness (QED) is 0.706. The van der Waals surface area contributed by atoms with E-state index in [9.17, 15) is 13.9 Å². The van der Waals surface area contributed by atoms with Gasteiger partial charge in [-0.05, 0) is 22.0 Å². The van der Waals surface area contributed by atoms with Crippen molar-refractivity contribution in [2.75, 3.05) is 5.73 Å². The summed E-state index contributed by atoms with van der Waals surface area (Å²) >= 11 is 2.84. The lowest BCUT2D eigenvalue weighted by molar-refractivity contribution is 0.428. The Balaban J connectivity index is 2.79. The molecule has 0 amide bonds. The number of aromatic nitrogens is 2. The zero-order valence-electron chi connectivity index (χ0n) is 7.76. The molecule has 0 radical (unpaired) electrons. The third-order valence-corrected chi connectivity index (χ3v) is 2.66. The number of phenolic OH excluding ortho intramolecular Hbond substituents is 1. The molecule has 0 bridgehead atoms. The molecule has 0 fully saturated rings. The summed E-state index contributed by atoms with van der Waals surface area (Å²) in [6.07, 6.45) is 1.21. The maximum atomic E-state index is 13.7. The van der Waals surface area contributed by atoms with Crippen LogP contribution >= 0.6 is 15.9 Å². The second-order valence-electron chi connectivity index (χ2n) is 3.08. The largest absolute Gasteiger partial charge is 0.504 e. The van der Waals surface area contributed by atoms with E-state index in [1.165, 1.54) is 6.20 Å². The lowest BCUT2D eigenvalue weighted by Gasteiger charge is -2.07. The summed E-state index contributed by atoms with van der Waals surface area (Å²) in [6.45, 7) is 0. The van der Waals surface area contributed by atoms with Crippen molar-refractivity contribution in [2.24, 2.45) is 0 Å². The predicted octanol–water partition coefficient (Wildman–Crippen LogP) is 2.41. The molecule has 4 N–H and O–H groups in total. The Kier molecular flexibility index (Phi) is 2.55. The maximum Gasteiger partial charge on any atom is 0.166 e. The van der Waals surface area contributed by atoms with Gasteiger partial charge in [0, 0.05) is 0 Å². The predicted molar refractivity (Wildman–Crippen MR) is 57.7 cm³/mol. The maximum absolute atomic E-state index is 13.7. The Morgan fingerprint density at radius 1 is 1.44 bits per heavy atom. The topological polar surface area (TPSA) is 74.9 Å². The molecule has 1 aromatic carbocycles. The first-order valence-electron chi connectivity index (χ1n) is 4.18. The zero-order chi connectivity index (χ0) is 11.9. The second-order valence-corrected chi connectivity index (χ2v) is 3.93. The van der Waals surface area contributed by atoms with Crippen LogP contribution in [0.3, 0.4) is 0 Å². The van der Waals surface area contributed by atoms with E-state index in [-0.39, 0.29) is 21.4 Å². The molecule has 1 aromatic heterocycles. The normalized spacial score (nSPS) is 10.7. The zero-order valence-corrected chi connectivity index (χ0v) is 9.35. The van der Waals surface area contributed by atoms with Crippen molar-refractivity contribution in [3.8, 4) is 16.9 Å². The number of nitrogens with one attached hydrogen (secondary N) is 1. The third kappa shape index (κ3) is 1.53. The van der Waals surface area contributed by atoms with Crippen molar-refractivity contribution in [1.29, 1.82) is 0 Å². The van der Waals surface area contributed by atoms with Crippen LogP contribution in [0.1, 0.15) is 0 Å². The molecule has 0 aliphatic rings. The molecule has 0 saturated heterocycles. The van der Waals surface area contributed by atoms with Gasteiger partial charge in [0.1, 0.15) is 11.6 Å². The van der Waals surface area contributed by atoms with Gasteiger partial charge in [0.2, 0.25) is 0 Å². The Labute approximate surface area is 97.2 Å². The smallest absolute Gasteiger partial charge is 0.166 e. The van der Waals surface area contributed by atoms with Crippen LogP contribution in [0, 0.1) is 11.6 Å². The lowest BCUT2D eigenvalue weighted by atomic mass is 10.1. The van der Waals surface area contributed by atoms with Crippen molar-refractivity contribution in [3.63, 3.8) is 0 Å². The van der Waals surface area contributed by atoms with E-state index in [4.69, 9.17) is 5.73 Å². The number of H-pyrrole nitrogens is 1. The molecule has 7 heteroatoms. The van der Waals surface area contributed by atoms with Crippen molar-refractivity contribution in [2.45, 2.75) is 0 Å². The number of rotatable bonds is 1. The van der Waals surface area contributed by atoms with Crippen LogP contribution < -0.4 is 5.73 Å². The van der Waals surface area contributed by atoms with E-state index < -0.39 is 17.4 Å². The van der Waals surface area contributed by atoms with Gasteiger partial charge in [-0.25, -0.2) is 8.78 Å². The number of aromatic hydroxyl groups is 1. The van der Waals surface area contributed by atoms with Gasteiger partial charge in [-0.3, -0.25) is 5.10 Å². The number of nitrogen functional groups attached to an aromatic ring is 1. The number of nitrogens with zero attached hydrogens (tertiary/aromatic N) is 1. The van der Waals surface area contributed by atoms with Crippen molar-refractivity contribution in [3.05, 3.63) is 28.4 Å². The molecular weight excluding hydrogens is 284 g/mol. The Hall–Kier alpha value is -1.63. The van der Waals surface area contributed by atoms with Gasteiger partial charge in [-0.2, -0.15) is 5.10 Å². The summed E-state index contributed by atoms with van der Waals surface area (Å²) in [7, 11) is 0. The van der Waals surface area contributed by atoms with Crippen LogP contribution in [0.4, 0.5) is 14.6 Å². The second kappa shape index (κ2) is 3.75. The Bertz CT molecular complexity index is 530. The number of benzene rings is 1. The molecule has 16 heavy (non-hydrogen) atoms. The van der Waals surface area contributed by atoms with Crippen molar-refractivity contribution in [1.82, 2.24) is 10.2 Å². The number of nitrogens with two attached hydrogens (primary N) is 1. The van der Waals surface area contributed by atoms with Gasteiger partial charge in [-0.15, -0.1) is 0 Å². The minimum absolute atomic E-state index is 0.0479. The molecule has 0 spiro atoms. The Morgan fingerprint density at radius 2 is 2.12 bits per heavy atom. The summed E-state index contributed by atoms with van der Waals surface area (Å²) in [5, 5.41) is 15.4. The number of aromatic amines is 1. The van der Waals surface area contributed by atoms with Crippen molar-refractivity contribution < 1.29 is 13.9 Å². The third-order valence-electron chi connectivity index (χ3n) is 2.08. The molecule has 0 aliphatic carbocycles. The van der Waals surface area contributed by atoms with E-state index >= 15 is 0 Å². The minimum atomic E-state index is -0.941. The summed E-state index contributed by atoms with van der Waals surface area (Å²) < 4.78 is 26.8. The first-order chi connectivity index (χ1) is 7.52. The summed E-state index contributed by atoms with van der Waals surface area (Å²) in [6, 6.07) is 0.838. The minimum Gasteiger partial charge on any atom is -0.504 e. The molecule has 0 saturated carbocycles. The molecule has 2 aromatic rings.